The van der Waals surface area contributed by atoms with Crippen molar-refractivity contribution in [3.05, 3.63) is 52.6 Å². The highest BCUT2D eigenvalue weighted by Crippen LogP contribution is 2.31. The number of aromatic hydroxyl groups is 1. The van der Waals surface area contributed by atoms with Gasteiger partial charge in [-0.15, -0.1) is 0 Å². The third-order valence-electron chi connectivity index (χ3n) is 5.06. The van der Waals surface area contributed by atoms with Crippen LogP contribution in [0.3, 0.4) is 0 Å². The van der Waals surface area contributed by atoms with Crippen LogP contribution in [-0.2, 0) is 15.0 Å². The fourth-order valence-corrected chi connectivity index (χ4v) is 3.39. The predicted molar refractivity (Wildman–Crippen MR) is 123 cm³/mol. The van der Waals surface area contributed by atoms with Crippen molar-refractivity contribution >= 4 is 29.1 Å². The van der Waals surface area contributed by atoms with E-state index in [1.807, 2.05) is 26.8 Å². The van der Waals surface area contributed by atoms with E-state index < -0.39 is 5.91 Å². The largest absolute Gasteiger partial charge is 0.507 e. The van der Waals surface area contributed by atoms with Crippen LogP contribution >= 0.6 is 0 Å². The molecule has 0 atom stereocenters. The second-order valence-corrected chi connectivity index (χ2v) is 8.67. The lowest BCUT2D eigenvalue weighted by Gasteiger charge is -2.25. The number of hydrogen-bond acceptors (Lipinski definition) is 4. The smallest absolute Gasteiger partial charge is 0.251 e. The normalized spacial score (nSPS) is 11.1. The summed E-state index contributed by atoms with van der Waals surface area (Å²) < 4.78 is 0. The van der Waals surface area contributed by atoms with Crippen LogP contribution in [0, 0.1) is 13.8 Å². The number of anilines is 2. The number of carbonyl (C=O) groups is 3. The Morgan fingerprint density at radius 3 is 2.10 bits per heavy atom. The highest BCUT2D eigenvalue weighted by Gasteiger charge is 2.23. The van der Waals surface area contributed by atoms with E-state index >= 15 is 0 Å². The third kappa shape index (κ3) is 5.63. The molecule has 0 saturated carbocycles. The summed E-state index contributed by atoms with van der Waals surface area (Å²) in [4.78, 5) is 38.6. The van der Waals surface area contributed by atoms with Gasteiger partial charge in [0.05, 0.1) is 0 Å². The number of amides is 3. The number of carbonyl (C=O) groups excluding carboxylic acids is 3. The molecule has 3 amide bonds. The van der Waals surface area contributed by atoms with Crippen LogP contribution in [0.4, 0.5) is 11.4 Å². The summed E-state index contributed by atoms with van der Waals surface area (Å²) in [6.07, 6.45) is 0. The Morgan fingerprint density at radius 2 is 1.61 bits per heavy atom. The van der Waals surface area contributed by atoms with E-state index in [1.54, 1.807) is 45.2 Å². The molecule has 0 fully saturated rings. The molecule has 0 spiro atoms. The van der Waals surface area contributed by atoms with E-state index in [0.717, 1.165) is 5.56 Å². The first-order chi connectivity index (χ1) is 14.3. The quantitative estimate of drug-likeness (QED) is 0.681. The van der Waals surface area contributed by atoms with Crippen molar-refractivity contribution in [3.8, 4) is 5.75 Å². The molecule has 0 aromatic heterocycles. The SMILES string of the molecule is CNC(=O)c1ccc(C(C)(C)C)c(NC(=O)CN(C(C)=O)c2cc(C)c(O)c(C)c2)c1. The Kier molecular flexibility index (Phi) is 7.10. The molecule has 0 heterocycles. The molecule has 0 unspecified atom stereocenters. The van der Waals surface area contributed by atoms with Crippen molar-refractivity contribution in [2.45, 2.75) is 47.0 Å². The van der Waals surface area contributed by atoms with E-state index in [4.69, 9.17) is 0 Å². The fraction of sp³-hybridized carbons (Fsp3) is 0.375. The molecule has 0 radical (unpaired) electrons. The molecule has 0 bridgehead atoms. The van der Waals surface area contributed by atoms with Gasteiger partial charge in [-0.1, -0.05) is 26.8 Å². The molecular weight excluding hydrogens is 394 g/mol. The minimum atomic E-state index is -0.391. The standard InChI is InChI=1S/C24H31N3O4/c1-14-10-18(11-15(2)22(14)30)27(16(3)28)13-21(29)26-20-12-17(23(31)25-7)8-9-19(20)24(4,5)6/h8-12,30H,13H2,1-7H3,(H,25,31)(H,26,29). The molecule has 3 N–H and O–H groups in total. The van der Waals surface area contributed by atoms with Gasteiger partial charge in [0, 0.05) is 30.9 Å². The molecule has 7 heteroatoms. The van der Waals surface area contributed by atoms with Crippen LogP contribution < -0.4 is 15.5 Å². The van der Waals surface area contributed by atoms with Gasteiger partial charge in [-0.2, -0.15) is 0 Å². The van der Waals surface area contributed by atoms with Gasteiger partial charge in [0.15, 0.2) is 0 Å². The molecule has 0 saturated heterocycles. The van der Waals surface area contributed by atoms with Crippen LogP contribution in [0.2, 0.25) is 0 Å². The van der Waals surface area contributed by atoms with Gasteiger partial charge < -0.3 is 20.6 Å². The Hall–Kier alpha value is -3.35. The van der Waals surface area contributed by atoms with Gasteiger partial charge in [0.25, 0.3) is 5.91 Å². The number of rotatable bonds is 5. The maximum Gasteiger partial charge on any atom is 0.251 e. The zero-order valence-electron chi connectivity index (χ0n) is 19.2. The Morgan fingerprint density at radius 1 is 1.03 bits per heavy atom. The van der Waals surface area contributed by atoms with Crippen LogP contribution in [0.5, 0.6) is 5.75 Å². The monoisotopic (exact) mass is 425 g/mol. The number of hydrogen-bond donors (Lipinski definition) is 3. The van der Waals surface area contributed by atoms with Crippen LogP contribution in [0.15, 0.2) is 30.3 Å². The number of nitrogens with one attached hydrogen (secondary N) is 2. The van der Waals surface area contributed by atoms with E-state index in [0.29, 0.717) is 28.1 Å². The van der Waals surface area contributed by atoms with Crippen molar-refractivity contribution in [2.75, 3.05) is 23.8 Å². The molecule has 31 heavy (non-hydrogen) atoms. The van der Waals surface area contributed by atoms with Crippen molar-refractivity contribution in [1.82, 2.24) is 5.32 Å². The Labute approximate surface area is 183 Å². The average molecular weight is 426 g/mol. The first-order valence-electron chi connectivity index (χ1n) is 10.1. The number of phenols is 1. The molecule has 2 aromatic carbocycles. The van der Waals surface area contributed by atoms with E-state index in [9.17, 15) is 19.5 Å². The Bertz CT molecular complexity index is 999. The first kappa shape index (κ1) is 23.9. The van der Waals surface area contributed by atoms with E-state index in [1.165, 1.54) is 11.8 Å². The van der Waals surface area contributed by atoms with Gasteiger partial charge in [0.1, 0.15) is 12.3 Å². The zero-order chi connectivity index (χ0) is 23.5. The van der Waals surface area contributed by atoms with Crippen LogP contribution in [0.1, 0.15) is 54.7 Å². The molecule has 166 valence electrons. The second kappa shape index (κ2) is 9.20. The highest BCUT2D eigenvalue weighted by atomic mass is 16.3. The van der Waals surface area contributed by atoms with Crippen molar-refractivity contribution < 1.29 is 19.5 Å². The lowest BCUT2D eigenvalue weighted by molar-refractivity contribution is -0.120. The molecule has 0 aliphatic rings. The van der Waals surface area contributed by atoms with E-state index in [2.05, 4.69) is 10.6 Å². The topological polar surface area (TPSA) is 98.7 Å². The first-order valence-corrected chi connectivity index (χ1v) is 10.1. The molecule has 2 aromatic rings. The van der Waals surface area contributed by atoms with E-state index in [-0.39, 0.29) is 29.5 Å². The highest BCUT2D eigenvalue weighted by molar-refractivity contribution is 6.03. The predicted octanol–water partition coefficient (Wildman–Crippen LogP) is 3.66. The molecule has 2 rings (SSSR count). The van der Waals surface area contributed by atoms with Crippen molar-refractivity contribution in [2.24, 2.45) is 0 Å². The van der Waals surface area contributed by atoms with Gasteiger partial charge in [-0.25, -0.2) is 0 Å². The minimum Gasteiger partial charge on any atom is -0.507 e. The lowest BCUT2D eigenvalue weighted by Crippen LogP contribution is -2.37. The van der Waals surface area contributed by atoms with Gasteiger partial charge in [-0.3, -0.25) is 14.4 Å². The number of aryl methyl sites for hydroxylation is 2. The van der Waals surface area contributed by atoms with Gasteiger partial charge in [0.2, 0.25) is 11.8 Å². The lowest BCUT2D eigenvalue weighted by atomic mass is 9.85. The molecule has 7 nitrogen and oxygen atoms in total. The summed E-state index contributed by atoms with van der Waals surface area (Å²) in [6, 6.07) is 8.53. The fourth-order valence-electron chi connectivity index (χ4n) is 3.39. The summed E-state index contributed by atoms with van der Waals surface area (Å²) in [7, 11) is 1.55. The van der Waals surface area contributed by atoms with Crippen molar-refractivity contribution in [3.63, 3.8) is 0 Å². The maximum absolute atomic E-state index is 12.9. The third-order valence-corrected chi connectivity index (χ3v) is 5.06. The second-order valence-electron chi connectivity index (χ2n) is 8.67. The number of phenolic OH excluding ortho intramolecular Hbond substituents is 1. The van der Waals surface area contributed by atoms with Crippen LogP contribution in [0.25, 0.3) is 0 Å². The summed E-state index contributed by atoms with van der Waals surface area (Å²) in [5, 5.41) is 15.5. The number of benzene rings is 2. The Balaban J connectivity index is 2.37. The average Bonchev–Trinajstić information content (AvgIpc) is 2.68. The summed E-state index contributed by atoms with van der Waals surface area (Å²) in [6.45, 7) is 10.7. The van der Waals surface area contributed by atoms with Crippen LogP contribution in [-0.4, -0.2) is 36.4 Å². The minimum absolute atomic E-state index is 0.164. The summed E-state index contributed by atoms with van der Waals surface area (Å²) in [5.74, 6) is -0.776. The van der Waals surface area contributed by atoms with Gasteiger partial charge in [-0.05, 0) is 60.2 Å². The zero-order valence-corrected chi connectivity index (χ0v) is 19.2. The maximum atomic E-state index is 12.9. The molecule has 0 aliphatic carbocycles. The molecular formula is C24H31N3O4. The number of nitrogens with zero attached hydrogens (tertiary/aromatic N) is 1. The molecule has 0 aliphatic heterocycles. The summed E-state index contributed by atoms with van der Waals surface area (Å²) in [5.41, 5.74) is 3.34. The van der Waals surface area contributed by atoms with Crippen molar-refractivity contribution in [1.29, 1.82) is 0 Å². The summed E-state index contributed by atoms with van der Waals surface area (Å²) >= 11 is 0. The van der Waals surface area contributed by atoms with Gasteiger partial charge >= 0.3 is 0 Å².